The van der Waals surface area contributed by atoms with E-state index in [0.717, 1.165) is 44.8 Å². The summed E-state index contributed by atoms with van der Waals surface area (Å²) in [6, 6.07) is 83.4. The van der Waals surface area contributed by atoms with Gasteiger partial charge in [0, 0.05) is 26.5 Å². The maximum atomic E-state index is 5.20. The molecule has 0 atom stereocenters. The second-order valence-corrected chi connectivity index (χ2v) is 17.1. The van der Waals surface area contributed by atoms with E-state index in [9.17, 15) is 0 Å². The van der Waals surface area contributed by atoms with Gasteiger partial charge in [0.25, 0.3) is 0 Å². The highest BCUT2D eigenvalue weighted by molar-refractivity contribution is 7.99. The van der Waals surface area contributed by atoms with Crippen molar-refractivity contribution >= 4 is 11.8 Å². The molecule has 0 saturated carbocycles. The molecular weight excluding hydrogens is 769 g/mol. The van der Waals surface area contributed by atoms with Crippen LogP contribution in [0.25, 0.3) is 78.4 Å². The molecule has 10 aromatic rings. The van der Waals surface area contributed by atoms with Crippen LogP contribution in [0.1, 0.15) is 22.3 Å². The number of benzene rings is 9. The van der Waals surface area contributed by atoms with Crippen molar-refractivity contribution in [2.75, 3.05) is 0 Å². The van der Waals surface area contributed by atoms with Gasteiger partial charge in [-0.05, 0) is 97.1 Å². The van der Waals surface area contributed by atoms with Gasteiger partial charge >= 0.3 is 0 Å². The minimum atomic E-state index is -0.413. The van der Waals surface area contributed by atoms with Crippen molar-refractivity contribution in [3.63, 3.8) is 0 Å². The average molecular weight is 807 g/mol. The topological polar surface area (TPSA) is 25.8 Å². The summed E-state index contributed by atoms with van der Waals surface area (Å²) in [6.07, 6.45) is 0. The lowest BCUT2D eigenvalue weighted by atomic mass is 9.67. The molecular formula is C59H38N2S. The molecule has 12 rings (SSSR count). The van der Waals surface area contributed by atoms with Gasteiger partial charge in [0.05, 0.1) is 16.8 Å². The van der Waals surface area contributed by atoms with E-state index in [2.05, 4.69) is 212 Å². The molecule has 62 heavy (non-hydrogen) atoms. The van der Waals surface area contributed by atoms with Gasteiger partial charge in [-0.1, -0.05) is 212 Å². The van der Waals surface area contributed by atoms with Crippen LogP contribution < -0.4 is 0 Å². The predicted molar refractivity (Wildman–Crippen MR) is 256 cm³/mol. The summed E-state index contributed by atoms with van der Waals surface area (Å²) in [5.74, 6) is 0.703. The third-order valence-electron chi connectivity index (χ3n) is 12.6. The van der Waals surface area contributed by atoms with Crippen molar-refractivity contribution in [1.82, 2.24) is 9.97 Å². The second-order valence-electron chi connectivity index (χ2n) is 16.1. The number of hydrogen-bond acceptors (Lipinski definition) is 3. The Morgan fingerprint density at radius 3 is 1.34 bits per heavy atom. The SMILES string of the molecule is c1ccc(-c2cccc(-c3cc(-c4cccc(-c5cccc(-c6cccc7c6Sc6ccccc6C76c7ccccc7-c7ccccc76)c5)c4)nc(-c4ccccc4)n3)c2)cc1. The van der Waals surface area contributed by atoms with Crippen LogP contribution in [-0.2, 0) is 5.41 Å². The molecule has 0 N–H and O–H groups in total. The lowest BCUT2D eigenvalue weighted by Gasteiger charge is -2.40. The Kier molecular flexibility index (Phi) is 8.69. The van der Waals surface area contributed by atoms with Gasteiger partial charge in [-0.15, -0.1) is 0 Å². The van der Waals surface area contributed by atoms with Crippen molar-refractivity contribution in [2.24, 2.45) is 0 Å². The fourth-order valence-electron chi connectivity index (χ4n) is 9.78. The van der Waals surface area contributed by atoms with E-state index in [1.807, 2.05) is 30.0 Å². The molecule has 3 heteroatoms. The lowest BCUT2D eigenvalue weighted by molar-refractivity contribution is 0.723. The Morgan fingerprint density at radius 1 is 0.290 bits per heavy atom. The molecule has 1 spiro atoms. The standard InChI is InChI=1S/C59H38N2S/c1-3-17-39(18-4-1)41-21-14-25-45(36-41)54-38-55(61-58(60-54)40-19-5-2-6-20-40)46-26-15-23-43(37-46)42-22-13-24-44(35-42)47-29-16-33-53-57(47)62-56-34-12-11-32-52(56)59(53)50-30-9-7-27-48(50)49-28-8-10-31-51(49)59/h1-38H. The van der Waals surface area contributed by atoms with Crippen molar-refractivity contribution in [3.05, 3.63) is 253 Å². The normalized spacial score (nSPS) is 12.9. The summed E-state index contributed by atoms with van der Waals surface area (Å²) >= 11 is 1.90. The van der Waals surface area contributed by atoms with E-state index >= 15 is 0 Å². The van der Waals surface area contributed by atoms with Gasteiger partial charge in [0.2, 0.25) is 0 Å². The molecule has 2 nitrogen and oxygen atoms in total. The Hall–Kier alpha value is -7.59. The third kappa shape index (κ3) is 5.89. The number of aromatic nitrogens is 2. The molecule has 2 heterocycles. The van der Waals surface area contributed by atoms with Crippen molar-refractivity contribution in [3.8, 4) is 78.4 Å². The monoisotopic (exact) mass is 806 g/mol. The molecule has 9 aromatic carbocycles. The van der Waals surface area contributed by atoms with Crippen LogP contribution in [0.15, 0.2) is 240 Å². The first-order chi connectivity index (χ1) is 30.7. The summed E-state index contributed by atoms with van der Waals surface area (Å²) in [5, 5.41) is 0. The first kappa shape index (κ1) is 36.3. The zero-order chi connectivity index (χ0) is 41.0. The van der Waals surface area contributed by atoms with E-state index in [4.69, 9.17) is 9.97 Å². The van der Waals surface area contributed by atoms with Crippen LogP contribution >= 0.6 is 11.8 Å². The molecule has 2 aliphatic rings. The number of hydrogen-bond donors (Lipinski definition) is 0. The van der Waals surface area contributed by atoms with E-state index in [0.29, 0.717) is 5.82 Å². The van der Waals surface area contributed by atoms with E-state index in [1.165, 1.54) is 59.9 Å². The van der Waals surface area contributed by atoms with E-state index in [-0.39, 0.29) is 0 Å². The van der Waals surface area contributed by atoms with Crippen molar-refractivity contribution in [1.29, 1.82) is 0 Å². The van der Waals surface area contributed by atoms with E-state index in [1.54, 1.807) is 0 Å². The molecule has 1 aliphatic heterocycles. The largest absolute Gasteiger partial charge is 0.228 e. The van der Waals surface area contributed by atoms with Gasteiger partial charge in [0.1, 0.15) is 0 Å². The lowest BCUT2D eigenvalue weighted by Crippen LogP contribution is -2.32. The summed E-state index contributed by atoms with van der Waals surface area (Å²) in [5.41, 5.74) is 19.5. The molecule has 0 unspecified atom stereocenters. The second kappa shape index (κ2) is 14.8. The Morgan fingerprint density at radius 2 is 0.710 bits per heavy atom. The molecule has 0 saturated heterocycles. The number of nitrogens with zero attached hydrogens (tertiary/aromatic N) is 2. The summed E-state index contributed by atoms with van der Waals surface area (Å²) in [4.78, 5) is 13.0. The van der Waals surface area contributed by atoms with Crippen molar-refractivity contribution in [2.45, 2.75) is 15.2 Å². The molecule has 1 aromatic heterocycles. The summed E-state index contributed by atoms with van der Waals surface area (Å²) in [6.45, 7) is 0. The molecule has 1 aliphatic carbocycles. The van der Waals surface area contributed by atoms with Gasteiger partial charge in [-0.25, -0.2) is 9.97 Å². The molecule has 0 fully saturated rings. The first-order valence-electron chi connectivity index (χ1n) is 21.1. The van der Waals surface area contributed by atoms with Crippen LogP contribution in [0.4, 0.5) is 0 Å². The molecule has 0 bridgehead atoms. The van der Waals surface area contributed by atoms with Crippen LogP contribution in [0.5, 0.6) is 0 Å². The quantitative estimate of drug-likeness (QED) is 0.167. The fourth-order valence-corrected chi connectivity index (χ4v) is 11.1. The minimum absolute atomic E-state index is 0.413. The first-order valence-corrected chi connectivity index (χ1v) is 22.0. The molecule has 0 amide bonds. The Balaban J connectivity index is 0.970. The summed E-state index contributed by atoms with van der Waals surface area (Å²) < 4.78 is 0. The van der Waals surface area contributed by atoms with Crippen LogP contribution in [0.3, 0.4) is 0 Å². The highest BCUT2D eigenvalue weighted by Gasteiger charge is 2.50. The zero-order valence-corrected chi connectivity index (χ0v) is 34.6. The third-order valence-corrected chi connectivity index (χ3v) is 13.8. The van der Waals surface area contributed by atoms with Crippen LogP contribution in [0.2, 0.25) is 0 Å². The summed E-state index contributed by atoms with van der Waals surface area (Å²) in [7, 11) is 0. The Bertz CT molecular complexity index is 3290. The van der Waals surface area contributed by atoms with Gasteiger partial charge in [0.15, 0.2) is 5.82 Å². The molecule has 290 valence electrons. The number of fused-ring (bicyclic) bond motifs is 9. The fraction of sp³-hybridized carbons (Fsp3) is 0.0169. The highest BCUT2D eigenvalue weighted by atomic mass is 32.2. The van der Waals surface area contributed by atoms with Gasteiger partial charge in [-0.3, -0.25) is 0 Å². The molecule has 0 radical (unpaired) electrons. The highest BCUT2D eigenvalue weighted by Crippen LogP contribution is 2.63. The minimum Gasteiger partial charge on any atom is -0.228 e. The average Bonchev–Trinajstić information content (AvgIpc) is 3.65. The zero-order valence-electron chi connectivity index (χ0n) is 33.7. The van der Waals surface area contributed by atoms with Gasteiger partial charge in [-0.2, -0.15) is 0 Å². The van der Waals surface area contributed by atoms with Gasteiger partial charge < -0.3 is 0 Å². The van der Waals surface area contributed by atoms with Crippen LogP contribution in [-0.4, -0.2) is 9.97 Å². The maximum Gasteiger partial charge on any atom is 0.160 e. The van der Waals surface area contributed by atoms with Crippen LogP contribution in [0, 0.1) is 0 Å². The maximum absolute atomic E-state index is 5.20. The smallest absolute Gasteiger partial charge is 0.160 e. The predicted octanol–water partition coefficient (Wildman–Crippen LogP) is 15.3. The van der Waals surface area contributed by atoms with Crippen molar-refractivity contribution < 1.29 is 0 Å². The number of rotatable bonds is 6. The Labute approximate surface area is 366 Å². The van der Waals surface area contributed by atoms with E-state index < -0.39 is 5.41 Å².